The molecule has 0 aliphatic rings. The number of carboxylic acid groups (broad SMARTS) is 1. The van der Waals surface area contributed by atoms with Crippen LogP contribution in [0, 0.1) is 12.3 Å². The fraction of sp³-hybridized carbons (Fsp3) is 0.290. The molecule has 0 unspecified atom stereocenters. The number of amides is 2. The van der Waals surface area contributed by atoms with Crippen LogP contribution in [0.15, 0.2) is 54.6 Å². The summed E-state index contributed by atoms with van der Waals surface area (Å²) in [5.74, 6) is -1.16. The Bertz CT molecular complexity index is 1470. The van der Waals surface area contributed by atoms with Crippen molar-refractivity contribution in [2.75, 3.05) is 23.8 Å². The molecule has 2 amide bonds. The van der Waals surface area contributed by atoms with Crippen LogP contribution in [-0.4, -0.2) is 53.3 Å². The number of hydrogen-bond donors (Lipinski definition) is 6. The highest BCUT2D eigenvalue weighted by molar-refractivity contribution is 6.09. The first-order chi connectivity index (χ1) is 20.5. The fourth-order valence-corrected chi connectivity index (χ4v) is 4.04. The summed E-state index contributed by atoms with van der Waals surface area (Å²) in [6.07, 6.45) is -0.959. The minimum absolute atomic E-state index is 0.130. The first kappa shape index (κ1) is 32.4. The molecule has 3 aromatic rings. The Labute approximate surface area is 249 Å². The second-order valence-corrected chi connectivity index (χ2v) is 9.74. The first-order valence-electron chi connectivity index (χ1n) is 13.6. The van der Waals surface area contributed by atoms with E-state index in [4.69, 9.17) is 19.6 Å². The van der Waals surface area contributed by atoms with Gasteiger partial charge in [0, 0.05) is 29.0 Å². The van der Waals surface area contributed by atoms with E-state index in [1.54, 1.807) is 55.5 Å². The first-order valence-corrected chi connectivity index (χ1v) is 13.6. The zero-order chi connectivity index (χ0) is 31.5. The van der Waals surface area contributed by atoms with E-state index in [1.807, 2.05) is 26.8 Å². The molecule has 0 atom stereocenters. The van der Waals surface area contributed by atoms with Crippen LogP contribution in [0.1, 0.15) is 53.4 Å². The Morgan fingerprint density at radius 2 is 1.74 bits per heavy atom. The van der Waals surface area contributed by atoms with E-state index < -0.39 is 24.6 Å². The lowest BCUT2D eigenvalue weighted by atomic mass is 10.1. The van der Waals surface area contributed by atoms with E-state index in [1.165, 1.54) is 0 Å². The number of amidine groups is 1. The Kier molecular flexibility index (Phi) is 11.5. The quantitative estimate of drug-likeness (QED) is 0.121. The molecule has 0 spiro atoms. The summed E-state index contributed by atoms with van der Waals surface area (Å²) in [6.45, 7) is 6.62. The average molecular weight is 593 g/mol. The van der Waals surface area contributed by atoms with Crippen LogP contribution in [0.5, 0.6) is 11.5 Å². The van der Waals surface area contributed by atoms with Gasteiger partial charge in [-0.25, -0.2) is 9.59 Å². The van der Waals surface area contributed by atoms with Gasteiger partial charge in [0.05, 0.1) is 24.9 Å². The molecular weight excluding hydrogens is 556 g/mol. The van der Waals surface area contributed by atoms with Gasteiger partial charge < -0.3 is 35.1 Å². The molecule has 0 aromatic heterocycles. The molecule has 228 valence electrons. The second kappa shape index (κ2) is 15.2. The maximum atomic E-state index is 13.3. The van der Waals surface area contributed by atoms with Gasteiger partial charge in [0.25, 0.3) is 5.91 Å². The van der Waals surface area contributed by atoms with Crippen molar-refractivity contribution in [2.45, 2.75) is 47.0 Å². The highest BCUT2D eigenvalue weighted by Crippen LogP contribution is 2.35. The number of benzene rings is 3. The monoisotopic (exact) mass is 592 g/mol. The van der Waals surface area contributed by atoms with Crippen LogP contribution in [0.25, 0.3) is 0 Å². The molecule has 0 heterocycles. The molecular formula is C31H36N4O8. The molecule has 12 nitrogen and oxygen atoms in total. The third kappa shape index (κ3) is 9.47. The smallest absolute Gasteiger partial charge is 0.412 e. The Balaban J connectivity index is 1.82. The van der Waals surface area contributed by atoms with E-state index in [2.05, 4.69) is 16.0 Å². The van der Waals surface area contributed by atoms with Crippen molar-refractivity contribution in [1.29, 1.82) is 5.41 Å². The highest BCUT2D eigenvalue weighted by Gasteiger charge is 2.18. The van der Waals surface area contributed by atoms with Crippen LogP contribution in [0.3, 0.4) is 0 Å². The summed E-state index contributed by atoms with van der Waals surface area (Å²) in [4.78, 5) is 36.2. The third-order valence-electron chi connectivity index (χ3n) is 5.90. The van der Waals surface area contributed by atoms with Gasteiger partial charge in [-0.15, -0.1) is 0 Å². The van der Waals surface area contributed by atoms with Crippen molar-refractivity contribution < 1.29 is 38.8 Å². The van der Waals surface area contributed by atoms with Crippen LogP contribution in [0.4, 0.5) is 16.2 Å². The molecule has 12 heteroatoms. The molecule has 0 saturated heterocycles. The number of aryl methyl sites for hydroxylation is 1. The molecule has 3 rings (SSSR count). The van der Waals surface area contributed by atoms with Crippen molar-refractivity contribution in [3.8, 4) is 11.5 Å². The topological polar surface area (TPSA) is 179 Å². The van der Waals surface area contributed by atoms with E-state index in [0.29, 0.717) is 39.4 Å². The summed E-state index contributed by atoms with van der Waals surface area (Å²) < 4.78 is 16.2. The maximum absolute atomic E-state index is 13.3. The summed E-state index contributed by atoms with van der Waals surface area (Å²) in [5, 5.41) is 35.4. The standard InChI is InChI=1S/C31H36N4O8/c1-5-41-31(40)35-29(32)21-7-9-23(10-8-21)34-30(39)24-12-19(4)6-11-25(24)33-15-22-13-20(16-36)14-26(43-18(2)3)28(22)42-17-27(37)38/h6-14,18,33,36H,5,15-17H2,1-4H3,(H,34,39)(H,37,38)(H2,32,35,40). The number of alkyl carbamates (subject to hydrolysis) is 1. The molecule has 0 radical (unpaired) electrons. The minimum atomic E-state index is -1.15. The van der Waals surface area contributed by atoms with Crippen molar-refractivity contribution >= 4 is 35.2 Å². The van der Waals surface area contributed by atoms with Gasteiger partial charge in [0.1, 0.15) is 5.84 Å². The number of aliphatic hydroxyl groups is 1. The molecule has 0 fully saturated rings. The Hall–Kier alpha value is -5.10. The number of carbonyl (C=O) groups is 3. The van der Waals surface area contributed by atoms with Gasteiger partial charge in [-0.3, -0.25) is 15.5 Å². The van der Waals surface area contributed by atoms with Crippen molar-refractivity contribution in [2.24, 2.45) is 0 Å². The lowest BCUT2D eigenvalue weighted by Gasteiger charge is -2.20. The number of anilines is 2. The molecule has 3 aromatic carbocycles. The molecule has 43 heavy (non-hydrogen) atoms. The van der Waals surface area contributed by atoms with Crippen molar-refractivity contribution in [3.63, 3.8) is 0 Å². The Morgan fingerprint density at radius 1 is 1.02 bits per heavy atom. The normalized spacial score (nSPS) is 10.6. The maximum Gasteiger partial charge on any atom is 0.412 e. The zero-order valence-corrected chi connectivity index (χ0v) is 24.4. The zero-order valence-electron chi connectivity index (χ0n) is 24.4. The molecule has 0 bridgehead atoms. The number of aliphatic hydroxyl groups excluding tert-OH is 1. The third-order valence-corrected chi connectivity index (χ3v) is 5.90. The van der Waals surface area contributed by atoms with E-state index in [9.17, 15) is 24.6 Å². The van der Waals surface area contributed by atoms with Crippen molar-refractivity contribution in [3.05, 3.63) is 82.4 Å². The number of carboxylic acids is 1. The van der Waals surface area contributed by atoms with Gasteiger partial charge in [-0.2, -0.15) is 0 Å². The van der Waals surface area contributed by atoms with Crippen molar-refractivity contribution in [1.82, 2.24) is 5.32 Å². The summed E-state index contributed by atoms with van der Waals surface area (Å²) in [7, 11) is 0. The predicted octanol–water partition coefficient (Wildman–Crippen LogP) is 4.67. The summed E-state index contributed by atoms with van der Waals surface area (Å²) in [6, 6.07) is 15.0. The lowest BCUT2D eigenvalue weighted by Crippen LogP contribution is -2.31. The summed E-state index contributed by atoms with van der Waals surface area (Å²) >= 11 is 0. The van der Waals surface area contributed by atoms with Gasteiger partial charge in [-0.1, -0.05) is 11.6 Å². The van der Waals surface area contributed by atoms with Crippen LogP contribution >= 0.6 is 0 Å². The molecule has 0 aliphatic heterocycles. The van der Waals surface area contributed by atoms with Crippen LogP contribution in [-0.2, 0) is 22.7 Å². The van der Waals surface area contributed by atoms with Gasteiger partial charge in [-0.05, 0) is 81.8 Å². The van der Waals surface area contributed by atoms with Gasteiger partial charge >= 0.3 is 12.1 Å². The number of nitrogens with one attached hydrogen (secondary N) is 4. The van der Waals surface area contributed by atoms with E-state index in [-0.39, 0.29) is 37.4 Å². The number of rotatable bonds is 13. The predicted molar refractivity (Wildman–Crippen MR) is 161 cm³/mol. The number of ether oxygens (including phenoxy) is 3. The Morgan fingerprint density at radius 3 is 2.37 bits per heavy atom. The van der Waals surface area contributed by atoms with E-state index >= 15 is 0 Å². The van der Waals surface area contributed by atoms with Crippen LogP contribution in [0.2, 0.25) is 0 Å². The minimum Gasteiger partial charge on any atom is -0.487 e. The fourth-order valence-electron chi connectivity index (χ4n) is 4.04. The largest absolute Gasteiger partial charge is 0.487 e. The SMILES string of the molecule is CCOC(=O)NC(=N)c1ccc(NC(=O)c2cc(C)ccc2NCc2cc(CO)cc(OC(C)C)c2OCC(=O)O)cc1. The van der Waals surface area contributed by atoms with E-state index in [0.717, 1.165) is 5.56 Å². The summed E-state index contributed by atoms with van der Waals surface area (Å²) in [5.41, 5.74) is 3.69. The van der Waals surface area contributed by atoms with Crippen LogP contribution < -0.4 is 25.4 Å². The molecule has 0 aliphatic carbocycles. The second-order valence-electron chi connectivity index (χ2n) is 9.74. The number of carbonyl (C=O) groups excluding carboxylic acids is 2. The molecule has 0 saturated carbocycles. The van der Waals surface area contributed by atoms with Gasteiger partial charge in [0.15, 0.2) is 18.1 Å². The number of hydrogen-bond acceptors (Lipinski definition) is 9. The molecule has 6 N–H and O–H groups in total. The number of aliphatic carboxylic acids is 1. The average Bonchev–Trinajstić information content (AvgIpc) is 2.95. The highest BCUT2D eigenvalue weighted by atomic mass is 16.5. The van der Waals surface area contributed by atoms with Gasteiger partial charge in [0.2, 0.25) is 0 Å². The lowest BCUT2D eigenvalue weighted by molar-refractivity contribution is -0.139.